The zero-order chi connectivity index (χ0) is 21.4. The lowest BCUT2D eigenvalue weighted by molar-refractivity contribution is -0.126. The molecule has 0 saturated carbocycles. The van der Waals surface area contributed by atoms with Gasteiger partial charge in [-0.2, -0.15) is 4.98 Å². The van der Waals surface area contributed by atoms with Crippen molar-refractivity contribution in [3.05, 3.63) is 53.9 Å². The number of ether oxygens (including phenoxy) is 2. The van der Waals surface area contributed by atoms with Gasteiger partial charge >= 0.3 is 0 Å². The van der Waals surface area contributed by atoms with Crippen molar-refractivity contribution in [1.29, 1.82) is 0 Å². The van der Waals surface area contributed by atoms with E-state index < -0.39 is 5.92 Å². The second kappa shape index (κ2) is 7.75. The first-order valence-corrected chi connectivity index (χ1v) is 9.94. The number of nitrogens with zero attached hydrogens (tertiary/aromatic N) is 3. The molecule has 2 amide bonds. The fourth-order valence-corrected chi connectivity index (χ4v) is 3.75. The average Bonchev–Trinajstić information content (AvgIpc) is 3.51. The van der Waals surface area contributed by atoms with E-state index >= 15 is 0 Å². The van der Waals surface area contributed by atoms with E-state index in [4.69, 9.17) is 14.0 Å². The Hall–Kier alpha value is -3.88. The van der Waals surface area contributed by atoms with Crippen LogP contribution in [-0.2, 0) is 16.1 Å². The highest BCUT2D eigenvalue weighted by Crippen LogP contribution is 2.32. The molecule has 1 saturated heterocycles. The highest BCUT2D eigenvalue weighted by molar-refractivity contribution is 6.00. The largest absolute Gasteiger partial charge is 0.454 e. The number of benzene rings is 2. The van der Waals surface area contributed by atoms with Gasteiger partial charge < -0.3 is 24.2 Å². The molecule has 1 atom stereocenters. The van der Waals surface area contributed by atoms with Crippen molar-refractivity contribution in [2.24, 2.45) is 5.92 Å². The summed E-state index contributed by atoms with van der Waals surface area (Å²) in [6.45, 7) is 2.60. The number of amides is 2. The Balaban J connectivity index is 1.24. The van der Waals surface area contributed by atoms with E-state index in [0.717, 1.165) is 11.1 Å². The Morgan fingerprint density at radius 1 is 1.19 bits per heavy atom. The Morgan fingerprint density at radius 3 is 2.90 bits per heavy atom. The second-order valence-corrected chi connectivity index (χ2v) is 7.50. The van der Waals surface area contributed by atoms with Crippen molar-refractivity contribution in [3.63, 3.8) is 0 Å². The highest BCUT2D eigenvalue weighted by Gasteiger charge is 2.35. The number of fused-ring (bicyclic) bond motifs is 1. The molecule has 1 unspecified atom stereocenters. The maximum atomic E-state index is 12.7. The van der Waals surface area contributed by atoms with Gasteiger partial charge in [0.25, 0.3) is 0 Å². The molecule has 3 heterocycles. The lowest BCUT2D eigenvalue weighted by Gasteiger charge is -2.17. The number of aromatic nitrogens is 2. The van der Waals surface area contributed by atoms with Crippen molar-refractivity contribution >= 4 is 17.5 Å². The van der Waals surface area contributed by atoms with Gasteiger partial charge in [-0.05, 0) is 29.8 Å². The molecule has 0 spiro atoms. The summed E-state index contributed by atoms with van der Waals surface area (Å²) in [7, 11) is 0. The first-order valence-electron chi connectivity index (χ1n) is 9.94. The lowest BCUT2D eigenvalue weighted by Crippen LogP contribution is -2.32. The van der Waals surface area contributed by atoms with Crippen molar-refractivity contribution in [2.45, 2.75) is 19.9 Å². The van der Waals surface area contributed by atoms with E-state index in [2.05, 4.69) is 15.5 Å². The smallest absolute Gasteiger partial charge is 0.231 e. The van der Waals surface area contributed by atoms with E-state index in [1.807, 2.05) is 42.5 Å². The number of aryl methyl sites for hydroxylation is 1. The van der Waals surface area contributed by atoms with Gasteiger partial charge in [-0.15, -0.1) is 0 Å². The molecule has 158 valence electrons. The Bertz CT molecular complexity index is 1160. The van der Waals surface area contributed by atoms with E-state index in [1.54, 1.807) is 11.8 Å². The number of hydrogen-bond acceptors (Lipinski definition) is 7. The molecule has 0 aliphatic carbocycles. The predicted molar refractivity (Wildman–Crippen MR) is 109 cm³/mol. The average molecular weight is 420 g/mol. The molecule has 9 heteroatoms. The van der Waals surface area contributed by atoms with E-state index in [-0.39, 0.29) is 25.0 Å². The van der Waals surface area contributed by atoms with Crippen LogP contribution in [0.2, 0.25) is 0 Å². The summed E-state index contributed by atoms with van der Waals surface area (Å²) in [4.78, 5) is 31.1. The van der Waals surface area contributed by atoms with Gasteiger partial charge in [-0.1, -0.05) is 23.4 Å². The van der Waals surface area contributed by atoms with E-state index in [0.29, 0.717) is 42.0 Å². The van der Waals surface area contributed by atoms with Gasteiger partial charge in [0, 0.05) is 37.7 Å². The molecule has 2 aliphatic heterocycles. The Morgan fingerprint density at radius 2 is 2.06 bits per heavy atom. The van der Waals surface area contributed by atoms with E-state index in [9.17, 15) is 9.59 Å². The quantitative estimate of drug-likeness (QED) is 0.676. The molecular formula is C22H20N4O5. The molecule has 9 nitrogen and oxygen atoms in total. The summed E-state index contributed by atoms with van der Waals surface area (Å²) < 4.78 is 15.7. The van der Waals surface area contributed by atoms with Crippen LogP contribution in [0.5, 0.6) is 11.5 Å². The van der Waals surface area contributed by atoms with Crippen LogP contribution in [0.3, 0.4) is 0 Å². The van der Waals surface area contributed by atoms with Gasteiger partial charge in [0.15, 0.2) is 11.5 Å². The third-order valence-corrected chi connectivity index (χ3v) is 5.34. The van der Waals surface area contributed by atoms with E-state index in [1.165, 1.54) is 0 Å². The molecule has 1 aromatic heterocycles. The zero-order valence-corrected chi connectivity index (χ0v) is 16.8. The van der Waals surface area contributed by atoms with Crippen LogP contribution in [0.25, 0.3) is 11.4 Å². The zero-order valence-electron chi connectivity index (χ0n) is 16.8. The van der Waals surface area contributed by atoms with Gasteiger partial charge in [0.2, 0.25) is 30.3 Å². The fourth-order valence-electron chi connectivity index (χ4n) is 3.75. The normalized spacial score (nSPS) is 17.3. The van der Waals surface area contributed by atoms with Crippen LogP contribution < -0.4 is 19.7 Å². The maximum absolute atomic E-state index is 12.7. The Kier molecular flexibility index (Phi) is 4.78. The second-order valence-electron chi connectivity index (χ2n) is 7.50. The summed E-state index contributed by atoms with van der Waals surface area (Å²) >= 11 is 0. The van der Waals surface area contributed by atoms with Gasteiger partial charge in [0.1, 0.15) is 0 Å². The minimum absolute atomic E-state index is 0.0929. The van der Waals surface area contributed by atoms with Crippen LogP contribution in [0.4, 0.5) is 5.69 Å². The van der Waals surface area contributed by atoms with Gasteiger partial charge in [-0.3, -0.25) is 9.59 Å². The molecule has 2 aliphatic rings. The number of carbonyl (C=O) groups is 2. The Labute approximate surface area is 177 Å². The third kappa shape index (κ3) is 3.81. The predicted octanol–water partition coefficient (Wildman–Crippen LogP) is 2.44. The number of hydrogen-bond donors (Lipinski definition) is 1. The summed E-state index contributed by atoms with van der Waals surface area (Å²) in [5, 5.41) is 6.84. The molecule has 0 radical (unpaired) electrons. The van der Waals surface area contributed by atoms with Crippen LogP contribution in [0.15, 0.2) is 47.0 Å². The summed E-state index contributed by atoms with van der Waals surface area (Å²) in [6.07, 6.45) is 0.165. The van der Waals surface area contributed by atoms with Crippen molar-refractivity contribution in [1.82, 2.24) is 15.5 Å². The number of carbonyl (C=O) groups excluding carboxylic acids is 2. The van der Waals surface area contributed by atoms with Crippen molar-refractivity contribution < 1.29 is 23.6 Å². The SMILES string of the molecule is Cc1nc(-c2cccc(N3CC(C(=O)NCc4ccc5c(c4)OCO5)CC3=O)c2)no1. The molecular weight excluding hydrogens is 400 g/mol. The molecule has 2 aromatic carbocycles. The molecule has 1 N–H and O–H groups in total. The topological polar surface area (TPSA) is 107 Å². The van der Waals surface area contributed by atoms with Crippen LogP contribution >= 0.6 is 0 Å². The van der Waals surface area contributed by atoms with Crippen molar-refractivity contribution in [3.8, 4) is 22.9 Å². The monoisotopic (exact) mass is 420 g/mol. The maximum Gasteiger partial charge on any atom is 0.231 e. The first kappa shape index (κ1) is 19.1. The molecule has 3 aromatic rings. The summed E-state index contributed by atoms with van der Waals surface area (Å²) in [5.74, 6) is 1.64. The minimum atomic E-state index is -0.419. The third-order valence-electron chi connectivity index (χ3n) is 5.34. The van der Waals surface area contributed by atoms with Gasteiger partial charge in [-0.25, -0.2) is 0 Å². The van der Waals surface area contributed by atoms with Crippen LogP contribution in [0, 0.1) is 12.8 Å². The fraction of sp³-hybridized carbons (Fsp3) is 0.273. The molecule has 1 fully saturated rings. The summed E-state index contributed by atoms with van der Waals surface area (Å²) in [6, 6.07) is 12.9. The highest BCUT2D eigenvalue weighted by atomic mass is 16.7. The molecule has 0 bridgehead atoms. The molecule has 31 heavy (non-hydrogen) atoms. The van der Waals surface area contributed by atoms with Crippen LogP contribution in [0.1, 0.15) is 17.9 Å². The number of nitrogens with one attached hydrogen (secondary N) is 1. The van der Waals surface area contributed by atoms with Crippen molar-refractivity contribution in [2.75, 3.05) is 18.2 Å². The first-order chi connectivity index (χ1) is 15.1. The minimum Gasteiger partial charge on any atom is -0.454 e. The lowest BCUT2D eigenvalue weighted by atomic mass is 10.1. The number of anilines is 1. The summed E-state index contributed by atoms with van der Waals surface area (Å²) in [5.41, 5.74) is 2.36. The molecule has 5 rings (SSSR count). The van der Waals surface area contributed by atoms with Gasteiger partial charge in [0.05, 0.1) is 5.92 Å². The standard InChI is InChI=1S/C22H20N4O5/c1-13-24-21(25-31-13)15-3-2-4-17(8-15)26-11-16(9-20(26)27)22(28)23-10-14-5-6-18-19(7-14)30-12-29-18/h2-8,16H,9-12H2,1H3,(H,23,28). The van der Waals surface area contributed by atoms with Crippen LogP contribution in [-0.4, -0.2) is 35.3 Å². The number of rotatable bonds is 5.